The molecule has 2 rings (SSSR count). The van der Waals surface area contributed by atoms with Gasteiger partial charge in [0.05, 0.1) is 5.39 Å². The van der Waals surface area contributed by atoms with Gasteiger partial charge in [-0.3, -0.25) is 4.79 Å². The highest BCUT2D eigenvalue weighted by atomic mass is 35.5. The van der Waals surface area contributed by atoms with Crippen LogP contribution in [-0.4, -0.2) is 31.9 Å². The number of fused-ring (bicyclic) bond motifs is 1. The van der Waals surface area contributed by atoms with Crippen molar-refractivity contribution >= 4 is 28.8 Å². The zero-order valence-electron chi connectivity index (χ0n) is 9.13. The first-order valence-corrected chi connectivity index (χ1v) is 5.43. The molecule has 0 saturated heterocycles. The molecule has 0 spiro atoms. The average molecular weight is 269 g/mol. The fourth-order valence-electron chi connectivity index (χ4n) is 1.63. The Bertz CT molecular complexity index is 681. The zero-order chi connectivity index (χ0) is 13.3. The molecular formula is C11H9ClN2O4. The number of aromatic nitrogens is 2. The Labute approximate surface area is 106 Å². The molecule has 18 heavy (non-hydrogen) atoms. The maximum absolute atomic E-state index is 11.9. The fraction of sp³-hybridized carbons (Fsp3) is 0.182. The van der Waals surface area contributed by atoms with E-state index in [4.69, 9.17) is 22.0 Å². The number of hydrogen-bond acceptors (Lipinski definition) is 4. The van der Waals surface area contributed by atoms with Crippen molar-refractivity contribution in [3.8, 4) is 0 Å². The van der Waals surface area contributed by atoms with Crippen LogP contribution in [0.15, 0.2) is 23.3 Å². The molecule has 0 aromatic carbocycles. The molecule has 0 atom stereocenters. The topological polar surface area (TPSA) is 92.4 Å². The molecule has 2 aromatic heterocycles. The number of carboxylic acid groups (broad SMARTS) is 1. The van der Waals surface area contributed by atoms with Gasteiger partial charge in [0.2, 0.25) is 5.43 Å². The third kappa shape index (κ3) is 2.07. The second-order valence-electron chi connectivity index (χ2n) is 3.68. The van der Waals surface area contributed by atoms with Crippen LogP contribution in [0.3, 0.4) is 0 Å². The van der Waals surface area contributed by atoms with Gasteiger partial charge in [-0.2, -0.15) is 0 Å². The second-order valence-corrected chi connectivity index (χ2v) is 4.04. The monoisotopic (exact) mass is 268 g/mol. The van der Waals surface area contributed by atoms with Crippen LogP contribution in [0.2, 0.25) is 0 Å². The third-order valence-corrected chi connectivity index (χ3v) is 2.75. The first-order valence-electron chi connectivity index (χ1n) is 5.09. The normalized spacial score (nSPS) is 10.8. The van der Waals surface area contributed by atoms with E-state index in [0.717, 1.165) is 10.3 Å². The summed E-state index contributed by atoms with van der Waals surface area (Å²) in [6.45, 7) is -0.0825. The second kappa shape index (κ2) is 4.75. The summed E-state index contributed by atoms with van der Waals surface area (Å²) in [6, 6.07) is 1.49. The van der Waals surface area contributed by atoms with E-state index in [1.54, 1.807) is 0 Å². The largest absolute Gasteiger partial charge is 0.477 e. The van der Waals surface area contributed by atoms with Crippen molar-refractivity contribution in [3.63, 3.8) is 0 Å². The van der Waals surface area contributed by atoms with E-state index in [1.807, 2.05) is 0 Å². The van der Waals surface area contributed by atoms with Gasteiger partial charge in [-0.1, -0.05) is 0 Å². The van der Waals surface area contributed by atoms with Gasteiger partial charge in [-0.15, -0.1) is 0 Å². The predicted molar refractivity (Wildman–Crippen MR) is 65.0 cm³/mol. The SMILES string of the molecule is O=C(O)c1cn(Cl)c2ncc(CCO)cc2c1=O. The fourth-order valence-corrected chi connectivity index (χ4v) is 1.87. The number of aromatic carboxylic acids is 1. The smallest absolute Gasteiger partial charge is 0.341 e. The minimum atomic E-state index is -1.34. The molecule has 0 aliphatic carbocycles. The molecule has 0 aliphatic rings. The number of carboxylic acids is 1. The van der Waals surface area contributed by atoms with E-state index in [1.165, 1.54) is 12.3 Å². The van der Waals surface area contributed by atoms with Gasteiger partial charge in [0.1, 0.15) is 5.56 Å². The molecule has 0 radical (unpaired) electrons. The Morgan fingerprint density at radius 2 is 2.22 bits per heavy atom. The van der Waals surface area contributed by atoms with Gasteiger partial charge < -0.3 is 10.2 Å². The Hall–Kier alpha value is -1.92. The lowest BCUT2D eigenvalue weighted by Crippen LogP contribution is -2.17. The summed E-state index contributed by atoms with van der Waals surface area (Å²) in [5.74, 6) is -1.34. The highest BCUT2D eigenvalue weighted by Gasteiger charge is 2.15. The summed E-state index contributed by atoms with van der Waals surface area (Å²) < 4.78 is 0.975. The van der Waals surface area contributed by atoms with E-state index in [0.29, 0.717) is 12.0 Å². The molecule has 2 aromatic rings. The summed E-state index contributed by atoms with van der Waals surface area (Å²) in [7, 11) is 0. The van der Waals surface area contributed by atoms with Gasteiger partial charge in [0, 0.05) is 30.8 Å². The summed E-state index contributed by atoms with van der Waals surface area (Å²) in [5.41, 5.74) is -0.225. The number of rotatable bonds is 3. The molecular weight excluding hydrogens is 260 g/mol. The van der Waals surface area contributed by atoms with Crippen LogP contribution >= 0.6 is 11.8 Å². The number of pyridine rings is 2. The van der Waals surface area contributed by atoms with Crippen molar-refractivity contribution in [1.82, 2.24) is 9.07 Å². The Morgan fingerprint density at radius 3 is 2.83 bits per heavy atom. The van der Waals surface area contributed by atoms with Crippen LogP contribution in [-0.2, 0) is 6.42 Å². The van der Waals surface area contributed by atoms with Crippen molar-refractivity contribution in [2.24, 2.45) is 0 Å². The van der Waals surface area contributed by atoms with Crippen molar-refractivity contribution in [2.75, 3.05) is 6.61 Å². The molecule has 0 bridgehead atoms. The Kier molecular flexibility index (Phi) is 3.31. The highest BCUT2D eigenvalue weighted by Crippen LogP contribution is 2.13. The van der Waals surface area contributed by atoms with Gasteiger partial charge in [0.25, 0.3) is 0 Å². The van der Waals surface area contributed by atoms with Crippen LogP contribution in [0.25, 0.3) is 11.0 Å². The molecule has 2 heterocycles. The summed E-state index contributed by atoms with van der Waals surface area (Å²) in [5, 5.41) is 17.8. The van der Waals surface area contributed by atoms with Gasteiger partial charge in [0.15, 0.2) is 5.65 Å². The van der Waals surface area contributed by atoms with Gasteiger partial charge in [-0.05, 0) is 18.1 Å². The van der Waals surface area contributed by atoms with Crippen LogP contribution < -0.4 is 5.43 Å². The van der Waals surface area contributed by atoms with Gasteiger partial charge in [-0.25, -0.2) is 13.9 Å². The third-order valence-electron chi connectivity index (χ3n) is 2.49. The molecule has 2 N–H and O–H groups in total. The Balaban J connectivity index is 2.79. The number of aliphatic hydroxyl groups is 1. The molecule has 0 unspecified atom stereocenters. The lowest BCUT2D eigenvalue weighted by Gasteiger charge is -2.05. The lowest BCUT2D eigenvalue weighted by atomic mass is 10.1. The highest BCUT2D eigenvalue weighted by molar-refractivity contribution is 6.18. The van der Waals surface area contributed by atoms with Crippen molar-refractivity contribution in [3.05, 3.63) is 39.8 Å². The summed E-state index contributed by atoms with van der Waals surface area (Å²) >= 11 is 5.81. The van der Waals surface area contributed by atoms with E-state index < -0.39 is 17.0 Å². The number of carbonyl (C=O) groups is 1. The summed E-state index contributed by atoms with van der Waals surface area (Å²) in [4.78, 5) is 26.8. The zero-order valence-corrected chi connectivity index (χ0v) is 9.89. The van der Waals surface area contributed by atoms with Crippen molar-refractivity contribution < 1.29 is 15.0 Å². The maximum atomic E-state index is 11.9. The molecule has 94 valence electrons. The number of aliphatic hydroxyl groups excluding tert-OH is 1. The van der Waals surface area contributed by atoms with Crippen LogP contribution in [0, 0.1) is 0 Å². The summed E-state index contributed by atoms with van der Waals surface area (Å²) in [6.07, 6.45) is 2.84. The minimum Gasteiger partial charge on any atom is -0.477 e. The van der Waals surface area contributed by atoms with E-state index >= 15 is 0 Å². The number of nitrogens with zero attached hydrogens (tertiary/aromatic N) is 2. The molecule has 0 saturated carbocycles. The number of halogens is 1. The first kappa shape index (κ1) is 12.5. The van der Waals surface area contributed by atoms with E-state index in [9.17, 15) is 9.59 Å². The molecule has 0 aliphatic heterocycles. The maximum Gasteiger partial charge on any atom is 0.341 e. The predicted octanol–water partition coefficient (Wildman–Crippen LogP) is 0.631. The standard InChI is InChI=1S/C11H9ClN2O4/c12-14-5-8(11(17)18)9(16)7-3-6(1-2-15)4-13-10(7)14/h3-5,15H,1-2H2,(H,17,18). The van der Waals surface area contributed by atoms with Crippen LogP contribution in [0.1, 0.15) is 15.9 Å². The van der Waals surface area contributed by atoms with E-state index in [-0.39, 0.29) is 17.6 Å². The average Bonchev–Trinajstić information content (AvgIpc) is 2.34. The van der Waals surface area contributed by atoms with Crippen molar-refractivity contribution in [1.29, 1.82) is 0 Å². The van der Waals surface area contributed by atoms with E-state index in [2.05, 4.69) is 4.98 Å². The van der Waals surface area contributed by atoms with Gasteiger partial charge >= 0.3 is 5.97 Å². The molecule has 0 amide bonds. The minimum absolute atomic E-state index is 0.0825. The quantitative estimate of drug-likeness (QED) is 0.852. The Morgan fingerprint density at radius 1 is 1.50 bits per heavy atom. The first-order chi connectivity index (χ1) is 8.54. The molecule has 7 heteroatoms. The molecule has 6 nitrogen and oxygen atoms in total. The van der Waals surface area contributed by atoms with Crippen LogP contribution in [0.4, 0.5) is 0 Å². The lowest BCUT2D eigenvalue weighted by molar-refractivity contribution is 0.0695. The molecule has 0 fully saturated rings. The number of hydrogen-bond donors (Lipinski definition) is 2. The van der Waals surface area contributed by atoms with Crippen LogP contribution in [0.5, 0.6) is 0 Å². The van der Waals surface area contributed by atoms with Crippen molar-refractivity contribution in [2.45, 2.75) is 6.42 Å².